The van der Waals surface area contributed by atoms with Gasteiger partial charge in [-0.1, -0.05) is 159 Å². The fraction of sp³-hybridized carbons (Fsp3) is 0.220. The monoisotopic (exact) mass is 591 g/mol. The summed E-state index contributed by atoms with van der Waals surface area (Å²) >= 11 is 0. The molecule has 0 bridgehead atoms. The van der Waals surface area contributed by atoms with Crippen LogP contribution in [-0.4, -0.2) is 22.8 Å². The van der Waals surface area contributed by atoms with Crippen molar-refractivity contribution >= 4 is 11.9 Å². The Morgan fingerprint density at radius 2 is 1.09 bits per heavy atom. The number of nitrogens with zero attached hydrogens (tertiary/aromatic N) is 1. The van der Waals surface area contributed by atoms with Crippen LogP contribution in [0, 0.1) is 0 Å². The number of hydrogen-bond acceptors (Lipinski definition) is 3. The Labute approximate surface area is 265 Å². The van der Waals surface area contributed by atoms with E-state index in [9.17, 15) is 9.59 Å². The smallest absolute Gasteiger partial charge is 0.323 e. The average Bonchev–Trinajstić information content (AvgIpc) is 3.10. The summed E-state index contributed by atoms with van der Waals surface area (Å²) in [6.07, 6.45) is 5.37. The van der Waals surface area contributed by atoms with E-state index in [1.807, 2.05) is 121 Å². The zero-order valence-electron chi connectivity index (χ0n) is 25.3. The lowest BCUT2D eigenvalue weighted by Gasteiger charge is -2.60. The van der Waals surface area contributed by atoms with E-state index in [2.05, 4.69) is 29.2 Å². The highest BCUT2D eigenvalue weighted by atomic mass is 16.5. The molecule has 4 heteroatoms. The van der Waals surface area contributed by atoms with Gasteiger partial charge < -0.3 is 9.64 Å². The molecule has 0 aromatic heterocycles. The van der Waals surface area contributed by atoms with Crippen LogP contribution >= 0.6 is 0 Å². The van der Waals surface area contributed by atoms with Crippen LogP contribution in [0.4, 0.5) is 0 Å². The second-order valence-corrected chi connectivity index (χ2v) is 12.2. The molecule has 4 nitrogen and oxygen atoms in total. The van der Waals surface area contributed by atoms with Crippen molar-refractivity contribution in [1.29, 1.82) is 0 Å². The van der Waals surface area contributed by atoms with Crippen molar-refractivity contribution in [2.45, 2.75) is 55.5 Å². The first-order valence-corrected chi connectivity index (χ1v) is 16.0. The van der Waals surface area contributed by atoms with Crippen molar-refractivity contribution in [3.63, 3.8) is 0 Å². The summed E-state index contributed by atoms with van der Waals surface area (Å²) in [5.74, 6) is -0.330. The number of rotatable bonds is 8. The van der Waals surface area contributed by atoms with Crippen LogP contribution in [0.3, 0.4) is 0 Å². The second kappa shape index (κ2) is 12.6. The SMILES string of the molecule is O=C(Oc1ccccc1C1N(C2CCCCC2)C(=O)C1(c1ccccc1)c1ccccc1)C(c1ccccc1)c1ccccc1. The maximum Gasteiger partial charge on any atom is 0.323 e. The van der Waals surface area contributed by atoms with Gasteiger partial charge in [-0.05, 0) is 41.2 Å². The Bertz CT molecular complexity index is 1670. The summed E-state index contributed by atoms with van der Waals surface area (Å²) in [5.41, 5.74) is 3.55. The average molecular weight is 592 g/mol. The largest absolute Gasteiger partial charge is 0.425 e. The van der Waals surface area contributed by atoms with E-state index in [0.29, 0.717) is 5.75 Å². The highest BCUT2D eigenvalue weighted by Gasteiger charge is 2.65. The molecule has 45 heavy (non-hydrogen) atoms. The van der Waals surface area contributed by atoms with Crippen molar-refractivity contribution in [2.24, 2.45) is 0 Å². The van der Waals surface area contributed by atoms with Gasteiger partial charge in [0.05, 0.1) is 6.04 Å². The van der Waals surface area contributed by atoms with E-state index in [1.54, 1.807) is 0 Å². The molecule has 7 rings (SSSR count). The van der Waals surface area contributed by atoms with E-state index in [1.165, 1.54) is 6.42 Å². The number of benzene rings is 5. The third-order valence-corrected chi connectivity index (χ3v) is 9.61. The van der Waals surface area contributed by atoms with Gasteiger partial charge in [0.25, 0.3) is 0 Å². The predicted molar refractivity (Wildman–Crippen MR) is 177 cm³/mol. The molecular formula is C41H37NO3. The zero-order valence-corrected chi connectivity index (χ0v) is 25.3. The van der Waals surface area contributed by atoms with E-state index in [4.69, 9.17) is 4.74 Å². The number of β-lactam (4-membered cyclic amide) rings is 1. The summed E-state index contributed by atoms with van der Waals surface area (Å²) < 4.78 is 6.43. The fourth-order valence-electron chi connectivity index (χ4n) is 7.55. The number of hydrogen-bond donors (Lipinski definition) is 0. The number of carbonyl (C=O) groups is 2. The number of esters is 1. The van der Waals surface area contributed by atoms with Crippen LogP contribution in [0.2, 0.25) is 0 Å². The Hall–Kier alpha value is -4.96. The molecule has 1 unspecified atom stereocenters. The molecule has 2 fully saturated rings. The van der Waals surface area contributed by atoms with Gasteiger partial charge >= 0.3 is 5.97 Å². The maximum atomic E-state index is 14.8. The minimum absolute atomic E-state index is 0.115. The Morgan fingerprint density at radius 1 is 0.622 bits per heavy atom. The molecule has 1 atom stereocenters. The summed E-state index contributed by atoms with van der Waals surface area (Å²) in [5, 5.41) is 0. The highest BCUT2D eigenvalue weighted by Crippen LogP contribution is 2.59. The molecule has 1 aliphatic heterocycles. The molecule has 0 spiro atoms. The molecule has 1 amide bonds. The van der Waals surface area contributed by atoms with Crippen LogP contribution < -0.4 is 4.74 Å². The number of ether oxygens (including phenoxy) is 1. The van der Waals surface area contributed by atoms with E-state index in [-0.39, 0.29) is 24.0 Å². The molecule has 224 valence electrons. The molecule has 1 heterocycles. The molecule has 1 saturated carbocycles. The third-order valence-electron chi connectivity index (χ3n) is 9.61. The first kappa shape index (κ1) is 28.8. The lowest BCUT2D eigenvalue weighted by atomic mass is 9.58. The standard InChI is InChI=1S/C41H37NO3/c43-39(37(30-18-6-1-7-19-30)31-20-8-2-9-21-31)45-36-29-17-16-28-35(36)38-41(32-22-10-3-11-23-32,33-24-12-4-13-25-33)40(44)42(38)34-26-14-5-15-27-34/h1-4,6-13,16-25,28-29,34,37-38H,5,14-15,26-27H2. The number of likely N-dealkylation sites (tertiary alicyclic amines) is 1. The molecule has 1 saturated heterocycles. The highest BCUT2D eigenvalue weighted by molar-refractivity contribution is 6.00. The maximum absolute atomic E-state index is 14.8. The normalized spacial score (nSPS) is 17.9. The fourth-order valence-corrected chi connectivity index (χ4v) is 7.55. The molecule has 5 aromatic rings. The minimum Gasteiger partial charge on any atom is -0.425 e. The van der Waals surface area contributed by atoms with Gasteiger partial charge in [0, 0.05) is 11.6 Å². The van der Waals surface area contributed by atoms with E-state index in [0.717, 1.165) is 53.5 Å². The minimum atomic E-state index is -0.944. The quantitative estimate of drug-likeness (QED) is 0.103. The number of carbonyl (C=O) groups excluding carboxylic acids is 2. The van der Waals surface area contributed by atoms with E-state index >= 15 is 0 Å². The van der Waals surface area contributed by atoms with Crippen LogP contribution in [0.1, 0.15) is 71.9 Å². The van der Waals surface area contributed by atoms with Crippen molar-refractivity contribution in [3.8, 4) is 5.75 Å². The molecule has 1 aliphatic carbocycles. The van der Waals surface area contributed by atoms with Crippen molar-refractivity contribution < 1.29 is 14.3 Å². The van der Waals surface area contributed by atoms with Gasteiger partial charge in [0.1, 0.15) is 17.1 Å². The van der Waals surface area contributed by atoms with Gasteiger partial charge in [-0.3, -0.25) is 9.59 Å². The van der Waals surface area contributed by atoms with Gasteiger partial charge in [0.15, 0.2) is 0 Å². The first-order valence-electron chi connectivity index (χ1n) is 16.0. The van der Waals surface area contributed by atoms with Gasteiger partial charge in [0.2, 0.25) is 5.91 Å². The van der Waals surface area contributed by atoms with Gasteiger partial charge in [-0.15, -0.1) is 0 Å². The topological polar surface area (TPSA) is 46.6 Å². The van der Waals surface area contributed by atoms with Crippen LogP contribution in [-0.2, 0) is 15.0 Å². The Morgan fingerprint density at radius 3 is 1.62 bits per heavy atom. The van der Waals surface area contributed by atoms with Crippen LogP contribution in [0.5, 0.6) is 5.75 Å². The summed E-state index contributed by atoms with van der Waals surface area (Å²) in [4.78, 5) is 31.1. The number of amides is 1. The van der Waals surface area contributed by atoms with E-state index < -0.39 is 11.3 Å². The van der Waals surface area contributed by atoms with Crippen LogP contribution in [0.15, 0.2) is 146 Å². The molecule has 5 aromatic carbocycles. The lowest BCUT2D eigenvalue weighted by molar-refractivity contribution is -0.164. The first-order chi connectivity index (χ1) is 22.2. The van der Waals surface area contributed by atoms with Crippen molar-refractivity contribution in [3.05, 3.63) is 173 Å². The third kappa shape index (κ3) is 5.14. The van der Waals surface area contributed by atoms with Gasteiger partial charge in [-0.2, -0.15) is 0 Å². The Kier molecular flexibility index (Phi) is 8.04. The molecule has 0 N–H and O–H groups in total. The summed E-state index contributed by atoms with van der Waals surface area (Å²) in [6.45, 7) is 0. The summed E-state index contributed by atoms with van der Waals surface area (Å²) in [6, 6.07) is 47.4. The predicted octanol–water partition coefficient (Wildman–Crippen LogP) is 8.63. The Balaban J connectivity index is 1.36. The van der Waals surface area contributed by atoms with Crippen LogP contribution in [0.25, 0.3) is 0 Å². The van der Waals surface area contributed by atoms with Gasteiger partial charge in [-0.25, -0.2) is 0 Å². The second-order valence-electron chi connectivity index (χ2n) is 12.2. The molecule has 2 aliphatic rings. The zero-order chi connectivity index (χ0) is 30.6. The lowest BCUT2D eigenvalue weighted by Crippen LogP contribution is -2.69. The molecule has 0 radical (unpaired) electrons. The van der Waals surface area contributed by atoms with Crippen molar-refractivity contribution in [2.75, 3.05) is 0 Å². The van der Waals surface area contributed by atoms with Crippen molar-refractivity contribution in [1.82, 2.24) is 4.90 Å². The summed E-state index contributed by atoms with van der Waals surface area (Å²) in [7, 11) is 0. The number of para-hydroxylation sites is 1. The molecular weight excluding hydrogens is 554 g/mol.